The predicted octanol–water partition coefficient (Wildman–Crippen LogP) is 4.42. The lowest BCUT2D eigenvalue weighted by molar-refractivity contribution is -0.139. The van der Waals surface area contributed by atoms with Gasteiger partial charge in [0.1, 0.15) is 35.6 Å². The number of halogens is 1. The molecule has 0 fully saturated rings. The van der Waals surface area contributed by atoms with Crippen molar-refractivity contribution in [3.8, 4) is 11.8 Å². The minimum atomic E-state index is -0.675. The van der Waals surface area contributed by atoms with Crippen LogP contribution in [0.25, 0.3) is 0 Å². The second-order valence-electron chi connectivity index (χ2n) is 6.59. The highest BCUT2D eigenvalue weighted by molar-refractivity contribution is 7.12. The van der Waals surface area contributed by atoms with Crippen molar-refractivity contribution in [1.82, 2.24) is 0 Å². The number of rotatable bonds is 6. The molecule has 0 aliphatic carbocycles. The molecule has 0 saturated heterocycles. The number of nitrogens with zero attached hydrogens (tertiary/aromatic N) is 1. The standard InChI is InChI=1S/C22H21FN2O4S/c1-4-27-22(26)19-12(2)29-21(25)17(10-24)20(19)18-9-14(13(3)30-18)11-28-16-7-5-15(23)6-8-16/h5-9,20H,4,11,25H2,1-3H3/t20-/m0/s1. The molecule has 3 rings (SSSR count). The van der Waals surface area contributed by atoms with Crippen LogP contribution < -0.4 is 10.5 Å². The average Bonchev–Trinajstić information content (AvgIpc) is 3.07. The van der Waals surface area contributed by atoms with E-state index in [4.69, 9.17) is 19.9 Å². The van der Waals surface area contributed by atoms with Crippen molar-refractivity contribution >= 4 is 17.3 Å². The number of nitriles is 1. The van der Waals surface area contributed by atoms with Gasteiger partial charge in [-0.1, -0.05) is 0 Å². The fourth-order valence-corrected chi connectivity index (χ4v) is 4.32. The Hall–Kier alpha value is -3.31. The maximum Gasteiger partial charge on any atom is 0.338 e. The summed E-state index contributed by atoms with van der Waals surface area (Å²) < 4.78 is 29.4. The van der Waals surface area contributed by atoms with Crippen molar-refractivity contribution in [3.05, 3.63) is 74.3 Å². The number of aryl methyl sites for hydroxylation is 1. The van der Waals surface area contributed by atoms with Gasteiger partial charge >= 0.3 is 5.97 Å². The summed E-state index contributed by atoms with van der Waals surface area (Å²) in [5, 5.41) is 9.67. The Bertz CT molecular complexity index is 1060. The average molecular weight is 428 g/mol. The Morgan fingerprint density at radius 2 is 2.03 bits per heavy atom. The number of carbonyl (C=O) groups excluding carboxylic acids is 1. The monoisotopic (exact) mass is 428 g/mol. The summed E-state index contributed by atoms with van der Waals surface area (Å²) in [6.45, 7) is 5.72. The Kier molecular flexibility index (Phi) is 6.43. The molecule has 30 heavy (non-hydrogen) atoms. The van der Waals surface area contributed by atoms with E-state index in [0.717, 1.165) is 15.3 Å². The molecule has 6 nitrogen and oxygen atoms in total. The third-order valence-corrected chi connectivity index (χ3v) is 5.79. The van der Waals surface area contributed by atoms with Crippen molar-refractivity contribution in [3.63, 3.8) is 0 Å². The van der Waals surface area contributed by atoms with Gasteiger partial charge in [0.2, 0.25) is 5.88 Å². The van der Waals surface area contributed by atoms with Crippen molar-refractivity contribution in [1.29, 1.82) is 5.26 Å². The van der Waals surface area contributed by atoms with Crippen LogP contribution in [0.4, 0.5) is 4.39 Å². The number of nitrogens with two attached hydrogens (primary N) is 1. The lowest BCUT2D eigenvalue weighted by Crippen LogP contribution is -2.25. The molecule has 0 amide bonds. The van der Waals surface area contributed by atoms with Crippen LogP contribution in [-0.4, -0.2) is 12.6 Å². The number of benzene rings is 1. The number of allylic oxidation sites excluding steroid dienone is 2. The summed E-state index contributed by atoms with van der Waals surface area (Å²) in [6.07, 6.45) is 0. The van der Waals surface area contributed by atoms with Gasteiger partial charge in [-0.05, 0) is 51.1 Å². The summed E-state index contributed by atoms with van der Waals surface area (Å²) in [6, 6.07) is 9.72. The van der Waals surface area contributed by atoms with Gasteiger partial charge in [-0.15, -0.1) is 11.3 Å². The normalized spacial score (nSPS) is 16.2. The molecule has 0 bridgehead atoms. The predicted molar refractivity (Wildman–Crippen MR) is 110 cm³/mol. The smallest absolute Gasteiger partial charge is 0.338 e. The summed E-state index contributed by atoms with van der Waals surface area (Å²) in [5.74, 6) is -0.729. The highest BCUT2D eigenvalue weighted by Gasteiger charge is 2.37. The van der Waals surface area contributed by atoms with Gasteiger partial charge in [-0.2, -0.15) is 5.26 Å². The Balaban J connectivity index is 1.94. The third kappa shape index (κ3) is 4.31. The minimum absolute atomic E-state index is 0.0248. The van der Waals surface area contributed by atoms with Crippen LogP contribution in [0.1, 0.15) is 35.1 Å². The van der Waals surface area contributed by atoms with Crippen LogP contribution >= 0.6 is 11.3 Å². The quantitative estimate of drug-likeness (QED) is 0.685. The van der Waals surface area contributed by atoms with Crippen LogP contribution in [0, 0.1) is 24.1 Å². The van der Waals surface area contributed by atoms with E-state index in [2.05, 4.69) is 6.07 Å². The van der Waals surface area contributed by atoms with Crippen molar-refractivity contribution in [2.24, 2.45) is 5.73 Å². The number of hydrogen-bond acceptors (Lipinski definition) is 7. The SMILES string of the molecule is CCOC(=O)C1=C(C)OC(N)=C(C#N)[C@H]1c1cc(COc2ccc(F)cc2)c(C)s1. The molecule has 0 saturated carbocycles. The van der Waals surface area contributed by atoms with Gasteiger partial charge in [-0.3, -0.25) is 0 Å². The molecule has 1 aliphatic rings. The van der Waals surface area contributed by atoms with E-state index in [1.54, 1.807) is 26.0 Å². The number of hydrogen-bond donors (Lipinski definition) is 1. The van der Waals surface area contributed by atoms with E-state index in [1.807, 2.05) is 13.0 Å². The second-order valence-corrected chi connectivity index (χ2v) is 7.88. The van der Waals surface area contributed by atoms with Crippen LogP contribution in [0.3, 0.4) is 0 Å². The zero-order chi connectivity index (χ0) is 21.8. The number of ether oxygens (including phenoxy) is 3. The topological polar surface area (TPSA) is 94.6 Å². The number of thiophene rings is 1. The highest BCUT2D eigenvalue weighted by atomic mass is 32.1. The van der Waals surface area contributed by atoms with E-state index in [-0.39, 0.29) is 36.1 Å². The highest BCUT2D eigenvalue weighted by Crippen LogP contribution is 2.43. The molecular formula is C22H21FN2O4S. The van der Waals surface area contributed by atoms with Crippen LogP contribution in [0.2, 0.25) is 0 Å². The molecule has 2 heterocycles. The summed E-state index contributed by atoms with van der Waals surface area (Å²) in [7, 11) is 0. The third-order valence-electron chi connectivity index (χ3n) is 4.63. The lowest BCUT2D eigenvalue weighted by atomic mass is 9.87. The summed E-state index contributed by atoms with van der Waals surface area (Å²) in [4.78, 5) is 14.3. The Morgan fingerprint density at radius 3 is 2.67 bits per heavy atom. The Morgan fingerprint density at radius 1 is 1.33 bits per heavy atom. The molecule has 1 aromatic heterocycles. The largest absolute Gasteiger partial charge is 0.489 e. The molecule has 0 spiro atoms. The first-order valence-corrected chi connectivity index (χ1v) is 10.1. The molecule has 8 heteroatoms. The van der Waals surface area contributed by atoms with E-state index < -0.39 is 11.9 Å². The molecule has 156 valence electrons. The molecule has 2 aromatic rings. The van der Waals surface area contributed by atoms with Crippen LogP contribution in [-0.2, 0) is 20.9 Å². The fourth-order valence-electron chi connectivity index (χ4n) is 3.16. The van der Waals surface area contributed by atoms with E-state index >= 15 is 0 Å². The van der Waals surface area contributed by atoms with Gasteiger partial charge in [0.05, 0.1) is 18.1 Å². The van der Waals surface area contributed by atoms with E-state index in [9.17, 15) is 14.4 Å². The number of carbonyl (C=O) groups is 1. The molecular weight excluding hydrogens is 407 g/mol. The maximum absolute atomic E-state index is 13.1. The maximum atomic E-state index is 13.1. The summed E-state index contributed by atoms with van der Waals surface area (Å²) in [5.41, 5.74) is 7.25. The van der Waals surface area contributed by atoms with Crippen LogP contribution in [0.15, 0.2) is 53.1 Å². The van der Waals surface area contributed by atoms with Crippen molar-refractivity contribution in [2.45, 2.75) is 33.3 Å². The van der Waals surface area contributed by atoms with Gasteiger partial charge < -0.3 is 19.9 Å². The second kappa shape index (κ2) is 9.01. The first-order chi connectivity index (χ1) is 14.3. The molecule has 2 N–H and O–H groups in total. The van der Waals surface area contributed by atoms with E-state index in [0.29, 0.717) is 11.5 Å². The van der Waals surface area contributed by atoms with Gasteiger partial charge in [0.15, 0.2) is 0 Å². The van der Waals surface area contributed by atoms with Gasteiger partial charge in [-0.25, -0.2) is 9.18 Å². The van der Waals surface area contributed by atoms with Crippen LogP contribution in [0.5, 0.6) is 5.75 Å². The summed E-state index contributed by atoms with van der Waals surface area (Å²) >= 11 is 1.44. The van der Waals surface area contributed by atoms with Crippen molar-refractivity contribution < 1.29 is 23.4 Å². The van der Waals surface area contributed by atoms with Crippen molar-refractivity contribution in [2.75, 3.05) is 6.61 Å². The molecule has 1 aromatic carbocycles. The fraction of sp³-hybridized carbons (Fsp3) is 0.273. The zero-order valence-electron chi connectivity index (χ0n) is 16.8. The van der Waals surface area contributed by atoms with Gasteiger partial charge in [0, 0.05) is 15.3 Å². The van der Waals surface area contributed by atoms with Gasteiger partial charge in [0.25, 0.3) is 0 Å². The lowest BCUT2D eigenvalue weighted by Gasteiger charge is -2.25. The van der Waals surface area contributed by atoms with E-state index in [1.165, 1.54) is 23.5 Å². The first-order valence-electron chi connectivity index (χ1n) is 9.28. The molecule has 1 atom stereocenters. The molecule has 1 aliphatic heterocycles. The first kappa shape index (κ1) is 21.4. The number of esters is 1. The molecule has 0 unspecified atom stereocenters. The minimum Gasteiger partial charge on any atom is -0.489 e. The Labute approximate surface area is 178 Å². The zero-order valence-corrected chi connectivity index (χ0v) is 17.6. The molecule has 0 radical (unpaired) electrons.